The summed E-state index contributed by atoms with van der Waals surface area (Å²) in [4.78, 5) is 24.3. The smallest absolute Gasteiger partial charge is 0.347 e. The highest BCUT2D eigenvalue weighted by Gasteiger charge is 2.18. The average molecular weight is 360 g/mol. The molecule has 6 nitrogen and oxygen atoms in total. The van der Waals surface area contributed by atoms with Crippen LogP contribution in [0.1, 0.15) is 54.9 Å². The molecule has 0 aliphatic rings. The number of allylic oxidation sites excluding steroid dienone is 1. The molecule has 0 radical (unpaired) electrons. The highest BCUT2D eigenvalue weighted by molar-refractivity contribution is 6.03. The van der Waals surface area contributed by atoms with Crippen LogP contribution in [0.25, 0.3) is 17.0 Å². The lowest BCUT2D eigenvalue weighted by Gasteiger charge is -2.08. The van der Waals surface area contributed by atoms with Gasteiger partial charge in [0.15, 0.2) is 5.58 Å². The Morgan fingerprint density at radius 1 is 1.27 bits per heavy atom. The van der Waals surface area contributed by atoms with E-state index in [0.717, 1.165) is 25.7 Å². The number of hydrogen-bond acceptors (Lipinski definition) is 6. The molecule has 140 valence electrons. The monoisotopic (exact) mass is 360 g/mol. The van der Waals surface area contributed by atoms with E-state index in [2.05, 4.69) is 6.92 Å². The molecule has 2 N–H and O–H groups in total. The van der Waals surface area contributed by atoms with Crippen molar-refractivity contribution in [2.45, 2.75) is 39.0 Å². The van der Waals surface area contributed by atoms with E-state index >= 15 is 0 Å². The number of hydrogen-bond donors (Lipinski definition) is 2. The maximum absolute atomic E-state index is 12.2. The first-order valence-corrected chi connectivity index (χ1v) is 8.83. The van der Waals surface area contributed by atoms with E-state index in [9.17, 15) is 14.7 Å². The molecule has 0 aliphatic heterocycles. The van der Waals surface area contributed by atoms with Gasteiger partial charge in [-0.15, -0.1) is 0 Å². The highest BCUT2D eigenvalue weighted by Crippen LogP contribution is 2.29. The average Bonchev–Trinajstić information content (AvgIpc) is 2.64. The largest absolute Gasteiger partial charge is 0.506 e. The molecule has 0 spiro atoms. The number of aromatic hydroxyl groups is 1. The molecule has 1 aromatic heterocycles. The predicted octanol–water partition coefficient (Wildman–Crippen LogP) is 3.63. The number of esters is 1. The van der Waals surface area contributed by atoms with Crippen LogP contribution in [-0.4, -0.2) is 29.4 Å². The zero-order chi connectivity index (χ0) is 18.9. The quantitative estimate of drug-likeness (QED) is 0.403. The van der Waals surface area contributed by atoms with Crippen molar-refractivity contribution in [2.24, 2.45) is 0 Å². The first-order valence-electron chi connectivity index (χ1n) is 8.83. The van der Waals surface area contributed by atoms with Crippen molar-refractivity contribution >= 4 is 23.0 Å². The van der Waals surface area contributed by atoms with Crippen LogP contribution in [-0.2, 0) is 4.74 Å². The summed E-state index contributed by atoms with van der Waals surface area (Å²) in [7, 11) is 0. The van der Waals surface area contributed by atoms with Crippen LogP contribution in [0.3, 0.4) is 0 Å². The van der Waals surface area contributed by atoms with Gasteiger partial charge in [0.1, 0.15) is 23.5 Å². The van der Waals surface area contributed by atoms with Crippen molar-refractivity contribution in [1.29, 1.82) is 0 Å². The maximum Gasteiger partial charge on any atom is 0.347 e. The van der Waals surface area contributed by atoms with Crippen molar-refractivity contribution in [2.75, 3.05) is 13.2 Å². The molecule has 6 heteroatoms. The van der Waals surface area contributed by atoms with E-state index in [1.54, 1.807) is 18.2 Å². The van der Waals surface area contributed by atoms with Crippen molar-refractivity contribution < 1.29 is 24.2 Å². The van der Waals surface area contributed by atoms with Crippen LogP contribution < -0.4 is 5.63 Å². The zero-order valence-electron chi connectivity index (χ0n) is 14.9. The summed E-state index contributed by atoms with van der Waals surface area (Å²) in [5, 5.41) is 19.5. The number of rotatable bonds is 9. The summed E-state index contributed by atoms with van der Waals surface area (Å²) >= 11 is 0. The van der Waals surface area contributed by atoms with Crippen LogP contribution in [0.15, 0.2) is 33.5 Å². The molecule has 0 atom stereocenters. The third-order valence-electron chi connectivity index (χ3n) is 3.99. The summed E-state index contributed by atoms with van der Waals surface area (Å²) in [6.45, 7) is 1.67. The van der Waals surface area contributed by atoms with Gasteiger partial charge in [0.2, 0.25) is 0 Å². The standard InChI is InChI=1S/C20H24O6/c1-2-3-4-5-6-7-9-15-17(22)14-10-8-11-16(18(14)26-20(15)24)19(23)25-13-12-21/h7-11,21-22H,2-6,12-13H2,1H3. The number of ether oxygens (including phenoxy) is 1. The second-order valence-corrected chi connectivity index (χ2v) is 5.95. The lowest BCUT2D eigenvalue weighted by atomic mass is 10.1. The van der Waals surface area contributed by atoms with Gasteiger partial charge in [-0.25, -0.2) is 9.59 Å². The van der Waals surface area contributed by atoms with E-state index in [-0.39, 0.29) is 41.1 Å². The van der Waals surface area contributed by atoms with Crippen molar-refractivity contribution in [1.82, 2.24) is 0 Å². The van der Waals surface area contributed by atoms with Gasteiger partial charge in [-0.05, 0) is 31.1 Å². The van der Waals surface area contributed by atoms with E-state index in [1.807, 2.05) is 6.08 Å². The summed E-state index contributed by atoms with van der Waals surface area (Å²) in [6.07, 6.45) is 8.68. The van der Waals surface area contributed by atoms with E-state index < -0.39 is 11.6 Å². The Labute approximate surface area is 151 Å². The summed E-state index contributed by atoms with van der Waals surface area (Å²) in [5.74, 6) is -0.954. The maximum atomic E-state index is 12.2. The van der Waals surface area contributed by atoms with Gasteiger partial charge in [-0.1, -0.05) is 38.3 Å². The number of carbonyl (C=O) groups is 1. The SMILES string of the molecule is CCCCCCC=Cc1c(O)c2cccc(C(=O)OCCO)c2oc1=O. The van der Waals surface area contributed by atoms with Gasteiger partial charge < -0.3 is 19.4 Å². The topological polar surface area (TPSA) is 97.0 Å². The molecule has 2 aromatic rings. The molecule has 0 fully saturated rings. The molecular formula is C20H24O6. The number of unbranched alkanes of at least 4 members (excludes halogenated alkanes) is 4. The van der Waals surface area contributed by atoms with Crippen LogP contribution in [0.4, 0.5) is 0 Å². The minimum atomic E-state index is -0.730. The molecule has 0 bridgehead atoms. The van der Waals surface area contributed by atoms with Gasteiger partial charge in [-0.2, -0.15) is 0 Å². The molecule has 1 aromatic carbocycles. The lowest BCUT2D eigenvalue weighted by molar-refractivity contribution is 0.0434. The number of benzene rings is 1. The molecule has 0 amide bonds. The summed E-state index contributed by atoms with van der Waals surface area (Å²) in [6, 6.07) is 4.57. The number of para-hydroxylation sites is 1. The molecule has 0 saturated heterocycles. The fourth-order valence-corrected chi connectivity index (χ4v) is 2.64. The van der Waals surface area contributed by atoms with Crippen molar-refractivity contribution in [3.8, 4) is 5.75 Å². The Hall–Kier alpha value is -2.60. The Morgan fingerprint density at radius 2 is 2.08 bits per heavy atom. The highest BCUT2D eigenvalue weighted by atomic mass is 16.5. The lowest BCUT2D eigenvalue weighted by Crippen LogP contribution is -2.11. The first kappa shape index (κ1) is 19.7. The van der Waals surface area contributed by atoms with Gasteiger partial charge in [0.25, 0.3) is 0 Å². The molecule has 1 heterocycles. The predicted molar refractivity (Wildman–Crippen MR) is 99.3 cm³/mol. The number of aliphatic hydroxyl groups excluding tert-OH is 1. The summed E-state index contributed by atoms with van der Waals surface area (Å²) in [5.41, 5.74) is -0.660. The Balaban J connectivity index is 2.31. The zero-order valence-corrected chi connectivity index (χ0v) is 14.9. The Kier molecular flexibility index (Phi) is 7.41. The Morgan fingerprint density at radius 3 is 2.81 bits per heavy atom. The Bertz CT molecular complexity index is 834. The number of aliphatic hydroxyl groups is 1. The normalized spacial score (nSPS) is 11.3. The molecule has 2 rings (SSSR count). The number of fused-ring (bicyclic) bond motifs is 1. The van der Waals surface area contributed by atoms with Gasteiger partial charge in [-0.3, -0.25) is 0 Å². The molecule has 26 heavy (non-hydrogen) atoms. The fraction of sp³-hybridized carbons (Fsp3) is 0.400. The van der Waals surface area contributed by atoms with Crippen LogP contribution in [0, 0.1) is 0 Å². The van der Waals surface area contributed by atoms with Gasteiger partial charge >= 0.3 is 11.6 Å². The number of carbonyl (C=O) groups excluding carboxylic acids is 1. The second kappa shape index (κ2) is 9.77. The first-order chi connectivity index (χ1) is 12.6. The van der Waals surface area contributed by atoms with Gasteiger partial charge in [0, 0.05) is 0 Å². The van der Waals surface area contributed by atoms with E-state index in [4.69, 9.17) is 14.3 Å². The fourth-order valence-electron chi connectivity index (χ4n) is 2.64. The molecule has 0 unspecified atom stereocenters. The minimum absolute atomic E-state index is 0.0263. The van der Waals surface area contributed by atoms with E-state index in [1.165, 1.54) is 12.5 Å². The van der Waals surface area contributed by atoms with Gasteiger partial charge in [0.05, 0.1) is 12.0 Å². The van der Waals surface area contributed by atoms with Crippen molar-refractivity contribution in [3.05, 3.63) is 45.8 Å². The third-order valence-corrected chi connectivity index (χ3v) is 3.99. The molecular weight excluding hydrogens is 336 g/mol. The van der Waals surface area contributed by atoms with Crippen LogP contribution >= 0.6 is 0 Å². The van der Waals surface area contributed by atoms with Crippen LogP contribution in [0.2, 0.25) is 0 Å². The van der Waals surface area contributed by atoms with Crippen LogP contribution in [0.5, 0.6) is 5.75 Å². The van der Waals surface area contributed by atoms with Crippen molar-refractivity contribution in [3.63, 3.8) is 0 Å². The minimum Gasteiger partial charge on any atom is -0.506 e. The summed E-state index contributed by atoms with van der Waals surface area (Å²) < 4.78 is 10.1. The molecule has 0 aliphatic carbocycles. The van der Waals surface area contributed by atoms with E-state index in [0.29, 0.717) is 0 Å². The third kappa shape index (κ3) is 4.73. The molecule has 0 saturated carbocycles. The second-order valence-electron chi connectivity index (χ2n) is 5.95.